The van der Waals surface area contributed by atoms with Gasteiger partial charge < -0.3 is 23.7 Å². The lowest BCUT2D eigenvalue weighted by Crippen LogP contribution is -2.13. The Morgan fingerprint density at radius 3 is 2.51 bits per heavy atom. The quantitative estimate of drug-likeness (QED) is 0.313. The summed E-state index contributed by atoms with van der Waals surface area (Å²) in [6, 6.07) is 13.7. The molecule has 0 unspecified atom stereocenters. The summed E-state index contributed by atoms with van der Waals surface area (Å²) >= 11 is 0.983. The number of hydrogen-bond donors (Lipinski definition) is 1. The van der Waals surface area contributed by atoms with Crippen molar-refractivity contribution in [1.29, 1.82) is 0 Å². The number of nitrogens with zero attached hydrogens (tertiary/aromatic N) is 2. The van der Waals surface area contributed by atoms with Crippen LogP contribution in [0.1, 0.15) is 29.1 Å². The number of ether oxygens (including phenoxy) is 3. The first-order valence-electron chi connectivity index (χ1n) is 11.0. The lowest BCUT2D eigenvalue weighted by atomic mass is 10.1. The fourth-order valence-electron chi connectivity index (χ4n) is 3.54. The van der Waals surface area contributed by atoms with Gasteiger partial charge in [0.2, 0.25) is 17.5 Å². The summed E-state index contributed by atoms with van der Waals surface area (Å²) < 4.78 is 24.0. The molecule has 2 aromatic carbocycles. The third-order valence-electron chi connectivity index (χ3n) is 5.28. The highest BCUT2D eigenvalue weighted by molar-refractivity contribution is 7.07. The Balaban J connectivity index is 1.40. The molecule has 8 nitrogen and oxygen atoms in total. The molecule has 9 heteroatoms. The Morgan fingerprint density at radius 1 is 1.11 bits per heavy atom. The number of oxazole rings is 1. The molecule has 0 bridgehead atoms. The van der Waals surface area contributed by atoms with Gasteiger partial charge in [-0.2, -0.15) is 0 Å². The summed E-state index contributed by atoms with van der Waals surface area (Å²) in [5, 5.41) is 11.2. The normalized spacial score (nSPS) is 11.1. The van der Waals surface area contributed by atoms with Crippen LogP contribution in [0, 0.1) is 0 Å². The van der Waals surface area contributed by atoms with Crippen LogP contribution in [0.25, 0.3) is 12.2 Å². The van der Waals surface area contributed by atoms with Gasteiger partial charge in [-0.05, 0) is 42.2 Å². The van der Waals surface area contributed by atoms with Gasteiger partial charge in [0.15, 0.2) is 11.5 Å². The summed E-state index contributed by atoms with van der Waals surface area (Å²) in [6.45, 7) is 0.597. The van der Waals surface area contributed by atoms with Crippen LogP contribution in [0.4, 0.5) is 0 Å². The van der Waals surface area contributed by atoms with Crippen LogP contribution >= 0.6 is 11.3 Å². The van der Waals surface area contributed by atoms with Crippen LogP contribution in [0.5, 0.6) is 23.1 Å². The molecule has 4 rings (SSSR count). The predicted octanol–water partition coefficient (Wildman–Crippen LogP) is 5.00. The molecule has 0 aliphatic rings. The minimum Gasteiger partial charge on any atom is -0.494 e. The van der Waals surface area contributed by atoms with Crippen molar-refractivity contribution in [3.8, 4) is 23.1 Å². The van der Waals surface area contributed by atoms with Gasteiger partial charge in [0.25, 0.3) is 0 Å². The monoisotopic (exact) mass is 494 g/mol. The molecule has 35 heavy (non-hydrogen) atoms. The second-order valence-electron chi connectivity index (χ2n) is 7.65. The van der Waals surface area contributed by atoms with E-state index < -0.39 is 0 Å². The van der Waals surface area contributed by atoms with E-state index in [2.05, 4.69) is 4.98 Å². The topological polar surface area (TPSA) is 96.0 Å². The third kappa shape index (κ3) is 6.13. The van der Waals surface area contributed by atoms with Gasteiger partial charge in [-0.25, -0.2) is 4.98 Å². The van der Waals surface area contributed by atoms with Gasteiger partial charge >= 0.3 is 4.87 Å². The van der Waals surface area contributed by atoms with Crippen molar-refractivity contribution >= 4 is 23.5 Å². The van der Waals surface area contributed by atoms with Crippen LogP contribution in [0.15, 0.2) is 63.3 Å². The second-order valence-corrected chi connectivity index (χ2v) is 8.47. The van der Waals surface area contributed by atoms with E-state index >= 15 is 0 Å². The zero-order valence-electron chi connectivity index (χ0n) is 19.5. The molecule has 182 valence electrons. The largest absolute Gasteiger partial charge is 0.494 e. The number of aromatic nitrogens is 2. The standard InChI is InChI=1S/C26H26N2O6S/c1-31-21-13-19(9-6-12-28-24(29)17-35-26(28)30)14-22(32-2)25(21)34-16-20-15-33-23(27-20)11-10-18-7-4-3-5-8-18/h3-5,7-8,10-11,13-15,17,29H,6,9,12,16H2,1-2H3. The number of rotatable bonds is 11. The Hall–Kier alpha value is -3.98. The molecular formula is C26H26N2O6S. The van der Waals surface area contributed by atoms with E-state index in [1.807, 2.05) is 48.5 Å². The fraction of sp³-hybridized carbons (Fsp3) is 0.231. The zero-order valence-corrected chi connectivity index (χ0v) is 20.3. The minimum atomic E-state index is -0.173. The summed E-state index contributed by atoms with van der Waals surface area (Å²) in [5.74, 6) is 2.00. The van der Waals surface area contributed by atoms with Gasteiger partial charge in [-0.1, -0.05) is 41.7 Å². The van der Waals surface area contributed by atoms with Crippen molar-refractivity contribution < 1.29 is 23.7 Å². The van der Waals surface area contributed by atoms with Crippen LogP contribution in [0.3, 0.4) is 0 Å². The van der Waals surface area contributed by atoms with Crippen molar-refractivity contribution in [2.24, 2.45) is 0 Å². The zero-order chi connectivity index (χ0) is 24.6. The van der Waals surface area contributed by atoms with E-state index in [4.69, 9.17) is 18.6 Å². The predicted molar refractivity (Wildman–Crippen MR) is 134 cm³/mol. The number of benzene rings is 2. The van der Waals surface area contributed by atoms with Crippen LogP contribution in [-0.4, -0.2) is 28.9 Å². The molecule has 0 aliphatic carbocycles. The van der Waals surface area contributed by atoms with Gasteiger partial charge in [-0.3, -0.25) is 9.36 Å². The molecule has 0 atom stereocenters. The molecular weight excluding hydrogens is 468 g/mol. The van der Waals surface area contributed by atoms with Gasteiger partial charge in [0.05, 0.1) is 19.6 Å². The molecule has 0 amide bonds. The molecule has 0 radical (unpaired) electrons. The molecule has 2 aromatic heterocycles. The molecule has 0 saturated heterocycles. The Bertz CT molecular complexity index is 1310. The van der Waals surface area contributed by atoms with Gasteiger partial charge in [0.1, 0.15) is 18.6 Å². The maximum atomic E-state index is 11.8. The van der Waals surface area contributed by atoms with Gasteiger partial charge in [-0.15, -0.1) is 0 Å². The molecule has 0 aliphatic heterocycles. The van der Waals surface area contributed by atoms with Crippen molar-refractivity contribution in [3.63, 3.8) is 0 Å². The molecule has 2 heterocycles. The molecule has 0 spiro atoms. The minimum absolute atomic E-state index is 0.00882. The van der Waals surface area contributed by atoms with Gasteiger partial charge in [0, 0.05) is 12.6 Å². The molecule has 1 N–H and O–H groups in total. The van der Waals surface area contributed by atoms with Crippen LogP contribution in [-0.2, 0) is 19.6 Å². The maximum Gasteiger partial charge on any atom is 0.309 e. The van der Waals surface area contributed by atoms with E-state index in [-0.39, 0.29) is 17.4 Å². The number of methoxy groups -OCH3 is 2. The number of hydrogen-bond acceptors (Lipinski definition) is 8. The van der Waals surface area contributed by atoms with E-state index in [9.17, 15) is 9.90 Å². The van der Waals surface area contributed by atoms with Crippen LogP contribution in [0.2, 0.25) is 0 Å². The summed E-state index contributed by atoms with van der Waals surface area (Å²) in [7, 11) is 3.13. The molecule has 0 fully saturated rings. The van der Waals surface area contributed by atoms with Crippen molar-refractivity contribution in [2.45, 2.75) is 26.0 Å². The first-order valence-corrected chi connectivity index (χ1v) is 11.9. The van der Waals surface area contributed by atoms with Crippen molar-refractivity contribution in [3.05, 3.63) is 86.5 Å². The average molecular weight is 495 g/mol. The highest BCUT2D eigenvalue weighted by atomic mass is 32.1. The highest BCUT2D eigenvalue weighted by Crippen LogP contribution is 2.39. The highest BCUT2D eigenvalue weighted by Gasteiger charge is 2.16. The maximum absolute atomic E-state index is 11.8. The second kappa shape index (κ2) is 11.4. The Labute approximate surface area is 206 Å². The van der Waals surface area contributed by atoms with Crippen molar-refractivity contribution in [1.82, 2.24) is 9.55 Å². The third-order valence-corrected chi connectivity index (χ3v) is 6.03. The van der Waals surface area contributed by atoms with E-state index in [0.29, 0.717) is 48.2 Å². The van der Waals surface area contributed by atoms with E-state index in [1.165, 1.54) is 9.95 Å². The van der Waals surface area contributed by atoms with Crippen molar-refractivity contribution in [2.75, 3.05) is 14.2 Å². The SMILES string of the molecule is COc1cc(CCCn2c(O)csc2=O)cc(OC)c1OCc1coc(C=Cc2ccccc2)n1. The number of aryl methyl sites for hydroxylation is 1. The lowest BCUT2D eigenvalue weighted by Gasteiger charge is -2.15. The van der Waals surface area contributed by atoms with E-state index in [1.54, 1.807) is 26.6 Å². The summed E-state index contributed by atoms with van der Waals surface area (Å²) in [4.78, 5) is 16.0. The van der Waals surface area contributed by atoms with E-state index in [0.717, 1.165) is 22.5 Å². The lowest BCUT2D eigenvalue weighted by molar-refractivity contribution is 0.262. The Kier molecular flexibility index (Phi) is 7.89. The molecule has 0 saturated carbocycles. The molecule has 4 aromatic rings. The fourth-order valence-corrected chi connectivity index (χ4v) is 4.18. The first kappa shape index (κ1) is 24.2. The van der Waals surface area contributed by atoms with Crippen LogP contribution < -0.4 is 19.1 Å². The number of thiazole rings is 1. The summed E-state index contributed by atoms with van der Waals surface area (Å²) in [5.41, 5.74) is 2.65. The number of aromatic hydroxyl groups is 1. The Morgan fingerprint density at radius 2 is 1.86 bits per heavy atom. The summed E-state index contributed by atoms with van der Waals surface area (Å²) in [6.07, 6.45) is 6.61. The smallest absolute Gasteiger partial charge is 0.309 e. The first-order chi connectivity index (χ1) is 17.1. The average Bonchev–Trinajstić information content (AvgIpc) is 3.48.